The highest BCUT2D eigenvalue weighted by Crippen LogP contribution is 2.46. The SMILES string of the molecule is COc1cc(OC)c(C2C3=C(CCCC3=O)Nc3nc(-c4ccc([N+](=O)[O-])cc4)nn32)cc1OC. The summed E-state index contributed by atoms with van der Waals surface area (Å²) in [5.74, 6) is 2.37. The summed E-state index contributed by atoms with van der Waals surface area (Å²) in [6.45, 7) is 0. The first-order valence-corrected chi connectivity index (χ1v) is 11.0. The molecule has 0 fully saturated rings. The van der Waals surface area contributed by atoms with E-state index in [0.717, 1.165) is 12.1 Å². The Bertz CT molecular complexity index is 1360. The topological polar surface area (TPSA) is 131 Å². The van der Waals surface area contributed by atoms with E-state index in [9.17, 15) is 14.9 Å². The van der Waals surface area contributed by atoms with E-state index in [1.807, 2.05) is 0 Å². The predicted octanol–water partition coefficient (Wildman–Crippen LogP) is 3.90. The van der Waals surface area contributed by atoms with Gasteiger partial charge in [0.15, 0.2) is 23.1 Å². The van der Waals surface area contributed by atoms with Crippen molar-refractivity contribution < 1.29 is 23.9 Å². The number of nitrogens with one attached hydrogen (secondary N) is 1. The Morgan fingerprint density at radius 3 is 2.37 bits per heavy atom. The second kappa shape index (κ2) is 8.75. The predicted molar refractivity (Wildman–Crippen MR) is 126 cm³/mol. The van der Waals surface area contributed by atoms with Crippen LogP contribution >= 0.6 is 0 Å². The molecule has 1 atom stereocenters. The lowest BCUT2D eigenvalue weighted by atomic mass is 9.85. The molecule has 1 aliphatic carbocycles. The molecule has 0 saturated carbocycles. The molecule has 3 aromatic rings. The zero-order valence-corrected chi connectivity index (χ0v) is 19.4. The molecule has 35 heavy (non-hydrogen) atoms. The summed E-state index contributed by atoms with van der Waals surface area (Å²) < 4.78 is 18.3. The summed E-state index contributed by atoms with van der Waals surface area (Å²) in [5.41, 5.74) is 2.68. The van der Waals surface area contributed by atoms with Gasteiger partial charge in [0.2, 0.25) is 5.95 Å². The molecule has 2 aromatic carbocycles. The Morgan fingerprint density at radius 1 is 1.03 bits per heavy atom. The number of allylic oxidation sites excluding steroid dienone is 2. The summed E-state index contributed by atoms with van der Waals surface area (Å²) in [5, 5.41) is 19.0. The number of Topliss-reactive ketones (excluding diaryl/α,β-unsaturated/α-hetero) is 1. The van der Waals surface area contributed by atoms with Gasteiger partial charge in [-0.3, -0.25) is 14.9 Å². The van der Waals surface area contributed by atoms with Crippen molar-refractivity contribution in [3.63, 3.8) is 0 Å². The Hall–Kier alpha value is -4.41. The number of rotatable bonds is 6. The van der Waals surface area contributed by atoms with Crippen molar-refractivity contribution in [1.82, 2.24) is 14.8 Å². The number of ketones is 1. The molecule has 0 radical (unpaired) electrons. The molecule has 1 aliphatic heterocycles. The molecule has 1 aromatic heterocycles. The smallest absolute Gasteiger partial charge is 0.269 e. The van der Waals surface area contributed by atoms with Crippen molar-refractivity contribution in [1.29, 1.82) is 0 Å². The number of carbonyl (C=O) groups excluding carboxylic acids is 1. The summed E-state index contributed by atoms with van der Waals surface area (Å²) in [6.07, 6.45) is 1.88. The molecule has 5 rings (SSSR count). The molecule has 1 N–H and O–H groups in total. The molecule has 0 bridgehead atoms. The zero-order chi connectivity index (χ0) is 24.7. The van der Waals surface area contributed by atoms with Gasteiger partial charge in [0, 0.05) is 47.0 Å². The van der Waals surface area contributed by atoms with Crippen molar-refractivity contribution >= 4 is 17.4 Å². The van der Waals surface area contributed by atoms with Crippen LogP contribution in [0.5, 0.6) is 17.2 Å². The maximum atomic E-state index is 13.2. The number of aromatic nitrogens is 3. The minimum Gasteiger partial charge on any atom is -0.496 e. The number of benzene rings is 2. The largest absolute Gasteiger partial charge is 0.496 e. The number of non-ortho nitro benzene ring substituents is 1. The van der Waals surface area contributed by atoms with E-state index in [4.69, 9.17) is 19.3 Å². The number of fused-ring (bicyclic) bond motifs is 1. The van der Waals surface area contributed by atoms with Gasteiger partial charge in [-0.05, 0) is 31.0 Å². The molecule has 0 spiro atoms. The van der Waals surface area contributed by atoms with E-state index in [-0.39, 0.29) is 11.5 Å². The van der Waals surface area contributed by atoms with E-state index in [1.165, 1.54) is 12.1 Å². The fourth-order valence-electron chi connectivity index (χ4n) is 4.56. The number of nitrogens with zero attached hydrogens (tertiary/aromatic N) is 4. The molecule has 0 amide bonds. The number of ether oxygens (including phenoxy) is 3. The van der Waals surface area contributed by atoms with Crippen LogP contribution in [-0.4, -0.2) is 46.8 Å². The van der Waals surface area contributed by atoms with E-state index >= 15 is 0 Å². The third-order valence-electron chi connectivity index (χ3n) is 6.23. The van der Waals surface area contributed by atoms with Gasteiger partial charge in [-0.2, -0.15) is 4.98 Å². The monoisotopic (exact) mass is 477 g/mol. The van der Waals surface area contributed by atoms with Crippen LogP contribution in [-0.2, 0) is 4.79 Å². The van der Waals surface area contributed by atoms with Crippen LogP contribution in [0.2, 0.25) is 0 Å². The highest BCUT2D eigenvalue weighted by atomic mass is 16.6. The maximum absolute atomic E-state index is 13.2. The van der Waals surface area contributed by atoms with Gasteiger partial charge in [0.05, 0.1) is 26.3 Å². The lowest BCUT2D eigenvalue weighted by Crippen LogP contribution is -2.31. The zero-order valence-electron chi connectivity index (χ0n) is 19.4. The lowest BCUT2D eigenvalue weighted by molar-refractivity contribution is -0.384. The van der Waals surface area contributed by atoms with Gasteiger partial charge in [-0.15, -0.1) is 5.10 Å². The fourth-order valence-corrected chi connectivity index (χ4v) is 4.56. The fraction of sp³-hybridized carbons (Fsp3) is 0.292. The number of carbonyl (C=O) groups is 1. The molecule has 11 nitrogen and oxygen atoms in total. The second-order valence-corrected chi connectivity index (χ2v) is 8.15. The van der Waals surface area contributed by atoms with Crippen molar-refractivity contribution in [2.45, 2.75) is 25.3 Å². The van der Waals surface area contributed by atoms with Gasteiger partial charge in [0.25, 0.3) is 5.69 Å². The van der Waals surface area contributed by atoms with Crippen molar-refractivity contribution in [2.75, 3.05) is 26.6 Å². The van der Waals surface area contributed by atoms with Crippen molar-refractivity contribution in [3.05, 3.63) is 63.3 Å². The van der Waals surface area contributed by atoms with Gasteiger partial charge in [-0.1, -0.05) is 0 Å². The third kappa shape index (κ3) is 3.74. The number of hydrogen-bond acceptors (Lipinski definition) is 9. The number of nitro benzene ring substituents is 1. The third-order valence-corrected chi connectivity index (χ3v) is 6.23. The van der Waals surface area contributed by atoms with Gasteiger partial charge >= 0.3 is 0 Å². The minimum atomic E-state index is -0.608. The lowest BCUT2D eigenvalue weighted by Gasteiger charge is -2.33. The van der Waals surface area contributed by atoms with Gasteiger partial charge in [-0.25, -0.2) is 4.68 Å². The average Bonchev–Trinajstić information content (AvgIpc) is 3.30. The van der Waals surface area contributed by atoms with Crippen LogP contribution in [0.4, 0.5) is 11.6 Å². The summed E-state index contributed by atoms with van der Waals surface area (Å²) in [7, 11) is 4.63. The first-order valence-electron chi connectivity index (χ1n) is 11.0. The number of nitro groups is 1. The molecule has 2 heterocycles. The molecular formula is C24H23N5O6. The van der Waals surface area contributed by atoms with Gasteiger partial charge in [0.1, 0.15) is 11.8 Å². The van der Waals surface area contributed by atoms with Crippen LogP contribution in [0, 0.1) is 10.1 Å². The standard InChI is InChI=1S/C24H23N5O6/c1-33-18-12-20(35-3)19(34-2)11-15(18)22-21-16(5-4-6-17(21)30)25-24-26-23(27-28(22)24)13-7-9-14(10-8-13)29(31)32/h7-12,22H,4-6H2,1-3H3,(H,25,26,27). The Morgan fingerprint density at radius 2 is 1.71 bits per heavy atom. The molecule has 2 aliphatic rings. The van der Waals surface area contributed by atoms with Crippen molar-refractivity contribution in [2.24, 2.45) is 0 Å². The number of anilines is 1. The quantitative estimate of drug-likeness (QED) is 0.415. The van der Waals surface area contributed by atoms with Crippen LogP contribution in [0.3, 0.4) is 0 Å². The van der Waals surface area contributed by atoms with E-state index in [2.05, 4.69) is 10.3 Å². The Kier molecular flexibility index (Phi) is 5.59. The number of methoxy groups -OCH3 is 3. The van der Waals surface area contributed by atoms with E-state index in [1.54, 1.807) is 50.3 Å². The number of hydrogen-bond donors (Lipinski definition) is 1. The highest BCUT2D eigenvalue weighted by Gasteiger charge is 2.39. The summed E-state index contributed by atoms with van der Waals surface area (Å²) in [6, 6.07) is 8.92. The molecule has 11 heteroatoms. The van der Waals surface area contributed by atoms with E-state index < -0.39 is 11.0 Å². The molecule has 1 unspecified atom stereocenters. The summed E-state index contributed by atoms with van der Waals surface area (Å²) in [4.78, 5) is 28.4. The normalized spacial score (nSPS) is 16.8. The Labute approximate surface area is 200 Å². The highest BCUT2D eigenvalue weighted by molar-refractivity contribution is 5.99. The van der Waals surface area contributed by atoms with E-state index in [0.29, 0.717) is 58.6 Å². The Balaban J connectivity index is 1.69. The van der Waals surface area contributed by atoms with Crippen LogP contribution in [0.1, 0.15) is 30.9 Å². The van der Waals surface area contributed by atoms with Crippen molar-refractivity contribution in [3.8, 4) is 28.6 Å². The molecular weight excluding hydrogens is 454 g/mol. The van der Waals surface area contributed by atoms with Crippen LogP contribution in [0.15, 0.2) is 47.7 Å². The first kappa shape index (κ1) is 22.4. The average molecular weight is 477 g/mol. The van der Waals surface area contributed by atoms with Crippen LogP contribution < -0.4 is 19.5 Å². The van der Waals surface area contributed by atoms with Crippen LogP contribution in [0.25, 0.3) is 11.4 Å². The van der Waals surface area contributed by atoms with Gasteiger partial charge < -0.3 is 19.5 Å². The second-order valence-electron chi connectivity index (χ2n) is 8.15. The molecule has 180 valence electrons. The maximum Gasteiger partial charge on any atom is 0.269 e. The summed E-state index contributed by atoms with van der Waals surface area (Å²) >= 11 is 0. The molecule has 0 saturated heterocycles. The minimum absolute atomic E-state index is 0.0217. The first-order chi connectivity index (χ1) is 16.9.